The number of allylic oxidation sites excluding steroid dienone is 1. The number of rotatable bonds is 5. The average molecular weight is 375 g/mol. The molecule has 0 aliphatic carbocycles. The van der Waals surface area contributed by atoms with Crippen LogP contribution in [0.5, 0.6) is 11.5 Å². The SMILES string of the molecule is COc1cc(Br)c(/C=C/C(=O)c2ccc(C)cc2C)cc1OC. The van der Waals surface area contributed by atoms with Crippen molar-refractivity contribution in [3.05, 3.63) is 63.1 Å². The summed E-state index contributed by atoms with van der Waals surface area (Å²) in [7, 11) is 3.17. The number of hydrogen-bond acceptors (Lipinski definition) is 3. The van der Waals surface area contributed by atoms with Crippen molar-refractivity contribution < 1.29 is 14.3 Å². The lowest BCUT2D eigenvalue weighted by molar-refractivity contribution is 0.104. The third-order valence-corrected chi connectivity index (χ3v) is 4.25. The largest absolute Gasteiger partial charge is 0.493 e. The van der Waals surface area contributed by atoms with Gasteiger partial charge in [0.2, 0.25) is 0 Å². The van der Waals surface area contributed by atoms with Crippen LogP contribution in [0.25, 0.3) is 6.08 Å². The summed E-state index contributed by atoms with van der Waals surface area (Å²) in [5.74, 6) is 1.23. The average Bonchev–Trinajstić information content (AvgIpc) is 2.53. The highest BCUT2D eigenvalue weighted by Crippen LogP contribution is 2.33. The lowest BCUT2D eigenvalue weighted by Gasteiger charge is -2.10. The van der Waals surface area contributed by atoms with Crippen molar-refractivity contribution in [2.24, 2.45) is 0 Å². The highest BCUT2D eigenvalue weighted by atomic mass is 79.9. The van der Waals surface area contributed by atoms with Gasteiger partial charge < -0.3 is 9.47 Å². The summed E-state index contributed by atoms with van der Waals surface area (Å²) in [5, 5.41) is 0. The highest BCUT2D eigenvalue weighted by Gasteiger charge is 2.09. The molecule has 4 heteroatoms. The Hall–Kier alpha value is -2.07. The minimum absolute atomic E-state index is 0.0239. The fraction of sp³-hybridized carbons (Fsp3) is 0.211. The molecule has 0 fully saturated rings. The van der Waals surface area contributed by atoms with E-state index in [0.29, 0.717) is 17.1 Å². The summed E-state index contributed by atoms with van der Waals surface area (Å²) in [6.07, 6.45) is 3.34. The van der Waals surface area contributed by atoms with Crippen LogP contribution in [0.2, 0.25) is 0 Å². The minimum Gasteiger partial charge on any atom is -0.493 e. The second-order valence-corrected chi connectivity index (χ2v) is 6.10. The van der Waals surface area contributed by atoms with Gasteiger partial charge in [-0.3, -0.25) is 4.79 Å². The smallest absolute Gasteiger partial charge is 0.186 e. The van der Waals surface area contributed by atoms with Crippen LogP contribution in [-0.2, 0) is 0 Å². The number of ether oxygens (including phenoxy) is 2. The molecule has 23 heavy (non-hydrogen) atoms. The third kappa shape index (κ3) is 4.02. The van der Waals surface area contributed by atoms with Crippen molar-refractivity contribution in [2.45, 2.75) is 13.8 Å². The molecule has 0 N–H and O–H groups in total. The second kappa shape index (κ2) is 7.47. The van der Waals surface area contributed by atoms with E-state index in [1.165, 1.54) is 0 Å². The standard InChI is InChI=1S/C19H19BrO3/c1-12-5-7-15(13(2)9-12)17(21)8-6-14-10-18(22-3)19(23-4)11-16(14)20/h5-11H,1-4H3/b8-6+. The van der Waals surface area contributed by atoms with E-state index in [1.807, 2.05) is 44.2 Å². The Bertz CT molecular complexity index is 763. The van der Waals surface area contributed by atoms with Crippen molar-refractivity contribution in [2.75, 3.05) is 14.2 Å². The Labute approximate surface area is 145 Å². The van der Waals surface area contributed by atoms with E-state index in [-0.39, 0.29) is 5.78 Å². The Balaban J connectivity index is 2.31. The van der Waals surface area contributed by atoms with Gasteiger partial charge in [-0.25, -0.2) is 0 Å². The van der Waals surface area contributed by atoms with E-state index in [0.717, 1.165) is 21.2 Å². The van der Waals surface area contributed by atoms with Gasteiger partial charge in [0.05, 0.1) is 14.2 Å². The molecule has 0 unspecified atom stereocenters. The van der Waals surface area contributed by atoms with Gasteiger partial charge in [-0.1, -0.05) is 39.7 Å². The topological polar surface area (TPSA) is 35.5 Å². The van der Waals surface area contributed by atoms with Gasteiger partial charge in [0.15, 0.2) is 17.3 Å². The van der Waals surface area contributed by atoms with E-state index >= 15 is 0 Å². The molecule has 0 bridgehead atoms. The number of carbonyl (C=O) groups excluding carboxylic acids is 1. The molecular weight excluding hydrogens is 356 g/mol. The monoisotopic (exact) mass is 374 g/mol. The Morgan fingerprint density at radius 1 is 1.04 bits per heavy atom. The first kappa shape index (κ1) is 17.3. The first-order valence-electron chi connectivity index (χ1n) is 7.17. The van der Waals surface area contributed by atoms with Gasteiger partial charge in [-0.15, -0.1) is 0 Å². The molecule has 0 saturated carbocycles. The van der Waals surface area contributed by atoms with Crippen LogP contribution in [0.3, 0.4) is 0 Å². The van der Waals surface area contributed by atoms with Crippen LogP contribution in [0, 0.1) is 13.8 Å². The third-order valence-electron chi connectivity index (χ3n) is 3.56. The summed E-state index contributed by atoms with van der Waals surface area (Å²) in [5.41, 5.74) is 3.68. The van der Waals surface area contributed by atoms with Gasteiger partial charge in [0.1, 0.15) is 0 Å². The lowest BCUT2D eigenvalue weighted by Crippen LogP contribution is -1.98. The fourth-order valence-electron chi connectivity index (χ4n) is 2.34. The van der Waals surface area contributed by atoms with Crippen LogP contribution < -0.4 is 9.47 Å². The van der Waals surface area contributed by atoms with Gasteiger partial charge >= 0.3 is 0 Å². The van der Waals surface area contributed by atoms with Crippen LogP contribution in [-0.4, -0.2) is 20.0 Å². The van der Waals surface area contributed by atoms with Crippen LogP contribution >= 0.6 is 15.9 Å². The van der Waals surface area contributed by atoms with Gasteiger partial charge in [0, 0.05) is 10.0 Å². The second-order valence-electron chi connectivity index (χ2n) is 5.24. The predicted octanol–water partition coefficient (Wildman–Crippen LogP) is 4.98. The number of hydrogen-bond donors (Lipinski definition) is 0. The zero-order valence-electron chi connectivity index (χ0n) is 13.6. The van der Waals surface area contributed by atoms with Gasteiger partial charge in [0.25, 0.3) is 0 Å². The lowest BCUT2D eigenvalue weighted by atomic mass is 10.0. The molecule has 120 valence electrons. The fourth-order valence-corrected chi connectivity index (χ4v) is 2.80. The molecule has 3 nitrogen and oxygen atoms in total. The quantitative estimate of drug-likeness (QED) is 0.546. The van der Waals surface area contributed by atoms with Crippen molar-refractivity contribution in [1.29, 1.82) is 0 Å². The molecule has 2 aromatic rings. The first-order chi connectivity index (χ1) is 11.0. The zero-order valence-corrected chi connectivity index (χ0v) is 15.2. The summed E-state index contributed by atoms with van der Waals surface area (Å²) in [6.45, 7) is 3.96. The number of methoxy groups -OCH3 is 2. The molecule has 0 atom stereocenters. The molecule has 0 aromatic heterocycles. The van der Waals surface area contributed by atoms with E-state index in [1.54, 1.807) is 26.4 Å². The maximum absolute atomic E-state index is 12.4. The normalized spacial score (nSPS) is 10.8. The van der Waals surface area contributed by atoms with E-state index < -0.39 is 0 Å². The maximum Gasteiger partial charge on any atom is 0.186 e. The molecule has 2 aromatic carbocycles. The molecule has 0 aliphatic heterocycles. The van der Waals surface area contributed by atoms with E-state index in [9.17, 15) is 4.79 Å². The van der Waals surface area contributed by atoms with Crippen molar-refractivity contribution in [1.82, 2.24) is 0 Å². The molecule has 0 heterocycles. The van der Waals surface area contributed by atoms with Gasteiger partial charge in [-0.2, -0.15) is 0 Å². The molecule has 0 amide bonds. The van der Waals surface area contributed by atoms with Gasteiger partial charge in [-0.05, 0) is 49.3 Å². The Kier molecular flexibility index (Phi) is 5.61. The van der Waals surface area contributed by atoms with Crippen molar-refractivity contribution in [3.63, 3.8) is 0 Å². The van der Waals surface area contributed by atoms with Crippen LogP contribution in [0.1, 0.15) is 27.0 Å². The molecule has 2 rings (SSSR count). The molecule has 0 aliphatic rings. The minimum atomic E-state index is -0.0239. The summed E-state index contributed by atoms with van der Waals surface area (Å²) >= 11 is 3.48. The number of benzene rings is 2. The molecule has 0 spiro atoms. The van der Waals surface area contributed by atoms with Crippen LogP contribution in [0.4, 0.5) is 0 Å². The molecular formula is C19H19BrO3. The molecule has 0 radical (unpaired) electrons. The van der Waals surface area contributed by atoms with Crippen molar-refractivity contribution >= 4 is 27.8 Å². The summed E-state index contributed by atoms with van der Waals surface area (Å²) < 4.78 is 11.4. The summed E-state index contributed by atoms with van der Waals surface area (Å²) in [6, 6.07) is 9.46. The number of aryl methyl sites for hydroxylation is 2. The Morgan fingerprint density at radius 2 is 1.70 bits per heavy atom. The number of ketones is 1. The van der Waals surface area contributed by atoms with E-state index in [2.05, 4.69) is 15.9 Å². The molecule has 0 saturated heterocycles. The number of halogens is 1. The zero-order chi connectivity index (χ0) is 17.0. The Morgan fingerprint density at radius 3 is 2.30 bits per heavy atom. The summed E-state index contributed by atoms with van der Waals surface area (Å²) in [4.78, 5) is 12.4. The predicted molar refractivity (Wildman–Crippen MR) is 96.5 cm³/mol. The number of carbonyl (C=O) groups is 1. The highest BCUT2D eigenvalue weighted by molar-refractivity contribution is 9.10. The maximum atomic E-state index is 12.4. The van der Waals surface area contributed by atoms with Crippen LogP contribution in [0.15, 0.2) is 40.9 Å². The first-order valence-corrected chi connectivity index (χ1v) is 7.96. The van der Waals surface area contributed by atoms with Crippen molar-refractivity contribution in [3.8, 4) is 11.5 Å². The van der Waals surface area contributed by atoms with E-state index in [4.69, 9.17) is 9.47 Å².